The molecule has 1 unspecified atom stereocenters. The fourth-order valence-corrected chi connectivity index (χ4v) is 4.56. The Morgan fingerprint density at radius 3 is 2.79 bits per heavy atom. The number of furan rings is 1. The summed E-state index contributed by atoms with van der Waals surface area (Å²) in [5, 5.41) is 8.81. The van der Waals surface area contributed by atoms with Crippen LogP contribution in [0.15, 0.2) is 20.0 Å². The summed E-state index contributed by atoms with van der Waals surface area (Å²) in [4.78, 5) is 10.7. The SMILES string of the molecule is CCC1CCN(S(=O)(=O)c2cc(C(=O)O)oc2Br)C1. The molecule has 1 aliphatic rings. The van der Waals surface area contributed by atoms with E-state index in [4.69, 9.17) is 9.52 Å². The van der Waals surface area contributed by atoms with Gasteiger partial charge < -0.3 is 9.52 Å². The van der Waals surface area contributed by atoms with E-state index in [9.17, 15) is 13.2 Å². The number of carbonyl (C=O) groups is 1. The van der Waals surface area contributed by atoms with Crippen LogP contribution in [0.5, 0.6) is 0 Å². The van der Waals surface area contributed by atoms with Gasteiger partial charge in [0.2, 0.25) is 15.8 Å². The Morgan fingerprint density at radius 2 is 2.32 bits per heavy atom. The molecule has 0 aliphatic carbocycles. The second-order valence-corrected chi connectivity index (χ2v) is 7.11. The van der Waals surface area contributed by atoms with Crippen LogP contribution in [0.1, 0.15) is 30.3 Å². The first kappa shape index (κ1) is 14.5. The zero-order valence-electron chi connectivity index (χ0n) is 10.3. The average Bonchev–Trinajstić information content (AvgIpc) is 2.95. The van der Waals surface area contributed by atoms with Crippen LogP contribution >= 0.6 is 15.9 Å². The number of carboxylic acid groups (broad SMARTS) is 1. The van der Waals surface area contributed by atoms with Crippen LogP contribution in [0.4, 0.5) is 0 Å². The number of halogens is 1. The van der Waals surface area contributed by atoms with Crippen molar-refractivity contribution in [2.45, 2.75) is 24.7 Å². The quantitative estimate of drug-likeness (QED) is 0.897. The van der Waals surface area contributed by atoms with Crippen LogP contribution in [-0.4, -0.2) is 36.9 Å². The summed E-state index contributed by atoms with van der Waals surface area (Å²) in [5.41, 5.74) is 0. The van der Waals surface area contributed by atoms with Gasteiger partial charge in [-0.05, 0) is 28.3 Å². The zero-order chi connectivity index (χ0) is 14.2. The highest BCUT2D eigenvalue weighted by atomic mass is 79.9. The Bertz CT molecular complexity index is 594. The number of nitrogens with zero attached hydrogens (tertiary/aromatic N) is 1. The molecule has 1 aliphatic heterocycles. The van der Waals surface area contributed by atoms with Crippen molar-refractivity contribution in [3.05, 3.63) is 16.5 Å². The van der Waals surface area contributed by atoms with Crippen molar-refractivity contribution in [2.75, 3.05) is 13.1 Å². The molecule has 1 atom stereocenters. The van der Waals surface area contributed by atoms with Gasteiger partial charge in [-0.25, -0.2) is 13.2 Å². The van der Waals surface area contributed by atoms with E-state index >= 15 is 0 Å². The smallest absolute Gasteiger partial charge is 0.371 e. The minimum absolute atomic E-state index is 0.0650. The molecule has 1 aromatic heterocycles. The molecular formula is C11H14BrNO5S. The van der Waals surface area contributed by atoms with Crippen LogP contribution < -0.4 is 0 Å². The molecule has 0 spiro atoms. The van der Waals surface area contributed by atoms with E-state index in [1.165, 1.54) is 4.31 Å². The molecule has 0 amide bonds. The summed E-state index contributed by atoms with van der Waals surface area (Å²) in [6, 6.07) is 1.04. The molecule has 1 fully saturated rings. The topological polar surface area (TPSA) is 87.8 Å². The van der Waals surface area contributed by atoms with Crippen molar-refractivity contribution in [2.24, 2.45) is 5.92 Å². The number of sulfonamides is 1. The Morgan fingerprint density at radius 1 is 1.63 bits per heavy atom. The van der Waals surface area contributed by atoms with E-state index in [1.54, 1.807) is 0 Å². The maximum atomic E-state index is 12.4. The predicted molar refractivity (Wildman–Crippen MR) is 70.5 cm³/mol. The molecule has 2 heterocycles. The standard InChI is InChI=1S/C11H14BrNO5S/c1-2-7-3-4-13(6-7)19(16,17)9-5-8(11(14)15)18-10(9)12/h5,7H,2-4,6H2,1H3,(H,14,15). The van der Waals surface area contributed by atoms with Gasteiger partial charge in [-0.1, -0.05) is 13.3 Å². The van der Waals surface area contributed by atoms with E-state index in [2.05, 4.69) is 15.9 Å². The maximum Gasteiger partial charge on any atom is 0.371 e. The molecule has 8 heteroatoms. The Balaban J connectivity index is 2.32. The van der Waals surface area contributed by atoms with E-state index in [0.29, 0.717) is 19.0 Å². The first-order valence-corrected chi connectivity index (χ1v) is 8.12. The minimum atomic E-state index is -3.70. The second-order valence-electron chi connectivity index (χ2n) is 4.48. The van der Waals surface area contributed by atoms with Crippen molar-refractivity contribution < 1.29 is 22.7 Å². The molecule has 0 aromatic carbocycles. The summed E-state index contributed by atoms with van der Waals surface area (Å²) >= 11 is 2.96. The van der Waals surface area contributed by atoms with Gasteiger partial charge in [0.05, 0.1) is 0 Å². The van der Waals surface area contributed by atoms with Crippen LogP contribution in [0.3, 0.4) is 0 Å². The molecule has 1 N–H and O–H groups in total. The predicted octanol–water partition coefficient (Wildman–Crippen LogP) is 2.16. The lowest BCUT2D eigenvalue weighted by molar-refractivity contribution is 0.0661. The van der Waals surface area contributed by atoms with E-state index in [0.717, 1.165) is 18.9 Å². The lowest BCUT2D eigenvalue weighted by Gasteiger charge is -2.15. The summed E-state index contributed by atoms with van der Waals surface area (Å²) in [6.45, 7) is 2.96. The fraction of sp³-hybridized carbons (Fsp3) is 0.545. The molecule has 0 saturated carbocycles. The van der Waals surface area contributed by atoms with Crippen LogP contribution in [0, 0.1) is 5.92 Å². The molecule has 0 bridgehead atoms. The van der Waals surface area contributed by atoms with Crippen molar-refractivity contribution in [1.29, 1.82) is 0 Å². The molecule has 106 valence electrons. The summed E-state index contributed by atoms with van der Waals surface area (Å²) in [6.07, 6.45) is 1.76. The van der Waals surface area contributed by atoms with Gasteiger partial charge in [0.25, 0.3) is 0 Å². The minimum Gasteiger partial charge on any atom is -0.475 e. The highest BCUT2D eigenvalue weighted by molar-refractivity contribution is 9.10. The normalized spacial score (nSPS) is 20.8. The third kappa shape index (κ3) is 2.70. The highest BCUT2D eigenvalue weighted by Gasteiger charge is 2.35. The van der Waals surface area contributed by atoms with Crippen LogP contribution in [0.2, 0.25) is 0 Å². The molecule has 0 radical (unpaired) electrons. The lowest BCUT2D eigenvalue weighted by Crippen LogP contribution is -2.28. The third-order valence-corrected chi connectivity index (χ3v) is 6.03. The molecular weight excluding hydrogens is 338 g/mol. The van der Waals surface area contributed by atoms with Crippen molar-refractivity contribution >= 4 is 31.9 Å². The lowest BCUT2D eigenvalue weighted by atomic mass is 10.1. The van der Waals surface area contributed by atoms with Gasteiger partial charge in [-0.3, -0.25) is 0 Å². The maximum absolute atomic E-state index is 12.4. The number of carboxylic acids is 1. The highest BCUT2D eigenvalue weighted by Crippen LogP contribution is 2.32. The number of hydrogen-bond acceptors (Lipinski definition) is 4. The van der Waals surface area contributed by atoms with Gasteiger partial charge >= 0.3 is 5.97 Å². The average molecular weight is 352 g/mol. The van der Waals surface area contributed by atoms with Gasteiger partial charge in [0.1, 0.15) is 4.90 Å². The summed E-state index contributed by atoms with van der Waals surface area (Å²) < 4.78 is 31.0. The molecule has 19 heavy (non-hydrogen) atoms. The zero-order valence-corrected chi connectivity index (χ0v) is 12.7. The second kappa shape index (κ2) is 5.26. The van der Waals surface area contributed by atoms with Gasteiger partial charge in [0.15, 0.2) is 4.67 Å². The monoisotopic (exact) mass is 351 g/mol. The molecule has 1 saturated heterocycles. The fourth-order valence-electron chi connectivity index (χ4n) is 2.12. The van der Waals surface area contributed by atoms with Gasteiger partial charge in [0, 0.05) is 19.2 Å². The van der Waals surface area contributed by atoms with E-state index in [-0.39, 0.29) is 9.56 Å². The Hall–Kier alpha value is -0.860. The van der Waals surface area contributed by atoms with Crippen molar-refractivity contribution in [1.82, 2.24) is 4.31 Å². The number of rotatable bonds is 4. The van der Waals surface area contributed by atoms with Crippen LogP contribution in [-0.2, 0) is 10.0 Å². The first-order valence-electron chi connectivity index (χ1n) is 5.89. The van der Waals surface area contributed by atoms with Gasteiger partial charge in [-0.15, -0.1) is 0 Å². The Labute approximate surface area is 119 Å². The molecule has 6 nitrogen and oxygen atoms in total. The van der Waals surface area contributed by atoms with E-state index < -0.39 is 21.8 Å². The van der Waals surface area contributed by atoms with Crippen LogP contribution in [0.25, 0.3) is 0 Å². The van der Waals surface area contributed by atoms with E-state index in [1.807, 2.05) is 6.92 Å². The molecule has 1 aromatic rings. The largest absolute Gasteiger partial charge is 0.475 e. The van der Waals surface area contributed by atoms with Crippen molar-refractivity contribution in [3.63, 3.8) is 0 Å². The first-order chi connectivity index (χ1) is 8.86. The summed E-state index contributed by atoms with van der Waals surface area (Å²) in [7, 11) is -3.70. The Kier molecular flexibility index (Phi) is 4.03. The number of hydrogen-bond donors (Lipinski definition) is 1. The number of aromatic carboxylic acids is 1. The third-order valence-electron chi connectivity index (χ3n) is 3.31. The molecule has 2 rings (SSSR count). The van der Waals surface area contributed by atoms with Crippen molar-refractivity contribution in [3.8, 4) is 0 Å². The summed E-state index contributed by atoms with van der Waals surface area (Å²) in [5.74, 6) is -1.33. The van der Waals surface area contributed by atoms with Gasteiger partial charge in [-0.2, -0.15) is 4.31 Å².